The molecular weight excluding hydrogens is 272 g/mol. The number of benzene rings is 2. The zero-order valence-electron chi connectivity index (χ0n) is 11.5. The summed E-state index contributed by atoms with van der Waals surface area (Å²) >= 11 is 6.20. The van der Waals surface area contributed by atoms with Crippen molar-refractivity contribution in [2.45, 2.75) is 20.4 Å². The number of halogens is 1. The first kappa shape index (κ1) is 14.6. The van der Waals surface area contributed by atoms with Crippen LogP contribution < -0.4 is 11.1 Å². The Hall–Kier alpha value is -1.84. The summed E-state index contributed by atoms with van der Waals surface area (Å²) in [5.41, 5.74) is 9.69. The average molecular weight is 289 g/mol. The molecule has 0 bridgehead atoms. The van der Waals surface area contributed by atoms with Gasteiger partial charge in [-0.2, -0.15) is 0 Å². The molecule has 0 fully saturated rings. The first-order chi connectivity index (χ1) is 9.52. The molecule has 3 N–H and O–H groups in total. The number of aryl methyl sites for hydroxylation is 2. The second kappa shape index (κ2) is 6.07. The molecule has 2 rings (SSSR count). The van der Waals surface area contributed by atoms with Gasteiger partial charge in [-0.15, -0.1) is 0 Å². The van der Waals surface area contributed by atoms with Gasteiger partial charge < -0.3 is 11.1 Å². The molecule has 0 aromatic heterocycles. The predicted molar refractivity (Wildman–Crippen MR) is 83.2 cm³/mol. The summed E-state index contributed by atoms with van der Waals surface area (Å²) in [6.45, 7) is 4.21. The van der Waals surface area contributed by atoms with Crippen LogP contribution in [0.4, 0.5) is 5.69 Å². The van der Waals surface area contributed by atoms with Gasteiger partial charge >= 0.3 is 0 Å². The van der Waals surface area contributed by atoms with Crippen LogP contribution in [-0.2, 0) is 6.54 Å². The number of nitrogens with two attached hydrogens (primary N) is 1. The van der Waals surface area contributed by atoms with Crippen LogP contribution in [0, 0.1) is 13.8 Å². The number of hydrogen-bond donors (Lipinski definition) is 2. The summed E-state index contributed by atoms with van der Waals surface area (Å²) in [7, 11) is 0. The van der Waals surface area contributed by atoms with Gasteiger partial charge in [-0.1, -0.05) is 35.9 Å². The van der Waals surface area contributed by atoms with Gasteiger partial charge in [-0.25, -0.2) is 0 Å². The molecule has 0 saturated carbocycles. The van der Waals surface area contributed by atoms with E-state index in [1.807, 2.05) is 44.2 Å². The molecule has 0 aliphatic rings. The molecular formula is C16H17ClN2O. The molecule has 0 aliphatic heterocycles. The van der Waals surface area contributed by atoms with Gasteiger partial charge in [-0.05, 0) is 42.7 Å². The van der Waals surface area contributed by atoms with Crippen LogP contribution >= 0.6 is 11.6 Å². The second-order valence-corrected chi connectivity index (χ2v) is 5.16. The molecule has 3 nitrogen and oxygen atoms in total. The molecule has 0 atom stereocenters. The average Bonchev–Trinajstić information content (AvgIpc) is 2.42. The van der Waals surface area contributed by atoms with Gasteiger partial charge in [0.15, 0.2) is 0 Å². The highest BCUT2D eigenvalue weighted by molar-refractivity contribution is 6.34. The highest BCUT2D eigenvalue weighted by atomic mass is 35.5. The first-order valence-corrected chi connectivity index (χ1v) is 6.76. The van der Waals surface area contributed by atoms with E-state index in [9.17, 15) is 4.79 Å². The summed E-state index contributed by atoms with van der Waals surface area (Å²) < 4.78 is 0. The third-order valence-corrected chi connectivity index (χ3v) is 3.45. The van der Waals surface area contributed by atoms with Crippen molar-refractivity contribution in [2.75, 3.05) is 5.32 Å². The Balaban J connectivity index is 2.33. The molecule has 4 heteroatoms. The van der Waals surface area contributed by atoms with Crippen LogP contribution in [0.2, 0.25) is 5.02 Å². The van der Waals surface area contributed by atoms with Crippen molar-refractivity contribution >= 4 is 23.2 Å². The molecule has 0 heterocycles. The van der Waals surface area contributed by atoms with E-state index in [-0.39, 0.29) is 5.91 Å². The summed E-state index contributed by atoms with van der Waals surface area (Å²) in [5, 5.41) is 3.41. The number of carbonyl (C=O) groups is 1. The van der Waals surface area contributed by atoms with E-state index in [0.29, 0.717) is 22.8 Å². The molecule has 0 spiro atoms. The molecule has 20 heavy (non-hydrogen) atoms. The van der Waals surface area contributed by atoms with Crippen molar-refractivity contribution in [3.8, 4) is 0 Å². The van der Waals surface area contributed by atoms with Crippen LogP contribution in [0.3, 0.4) is 0 Å². The Bertz CT molecular complexity index is 630. The molecule has 2 aromatic carbocycles. The van der Waals surface area contributed by atoms with E-state index in [2.05, 4.69) is 5.32 Å². The monoisotopic (exact) mass is 288 g/mol. The zero-order valence-corrected chi connectivity index (χ0v) is 12.3. The maximum atomic E-state index is 12.4. The van der Waals surface area contributed by atoms with Crippen LogP contribution in [0.1, 0.15) is 27.0 Å². The van der Waals surface area contributed by atoms with Crippen LogP contribution in [-0.4, -0.2) is 5.91 Å². The van der Waals surface area contributed by atoms with E-state index < -0.39 is 0 Å². The lowest BCUT2D eigenvalue weighted by molar-refractivity contribution is 0.102. The van der Waals surface area contributed by atoms with Gasteiger partial charge in [0, 0.05) is 12.1 Å². The smallest absolute Gasteiger partial charge is 0.256 e. The van der Waals surface area contributed by atoms with E-state index in [4.69, 9.17) is 17.3 Å². The molecule has 0 aliphatic carbocycles. The SMILES string of the molecule is Cc1cc(C)c(NC(=O)c2ccccc2CN)c(Cl)c1. The number of nitrogens with one attached hydrogen (secondary N) is 1. The minimum absolute atomic E-state index is 0.195. The van der Waals surface area contributed by atoms with E-state index >= 15 is 0 Å². The minimum atomic E-state index is -0.195. The van der Waals surface area contributed by atoms with Crippen molar-refractivity contribution in [1.82, 2.24) is 0 Å². The van der Waals surface area contributed by atoms with E-state index in [0.717, 1.165) is 16.7 Å². The van der Waals surface area contributed by atoms with Crippen molar-refractivity contribution in [1.29, 1.82) is 0 Å². The summed E-state index contributed by atoms with van der Waals surface area (Å²) in [5.74, 6) is -0.195. The van der Waals surface area contributed by atoms with Crippen molar-refractivity contribution in [3.05, 3.63) is 63.7 Å². The van der Waals surface area contributed by atoms with Crippen molar-refractivity contribution in [2.24, 2.45) is 5.73 Å². The Labute approximate surface area is 123 Å². The van der Waals surface area contributed by atoms with E-state index in [1.54, 1.807) is 6.07 Å². The van der Waals surface area contributed by atoms with Crippen molar-refractivity contribution < 1.29 is 4.79 Å². The fourth-order valence-corrected chi connectivity index (χ4v) is 2.54. The van der Waals surface area contributed by atoms with Gasteiger partial charge in [0.1, 0.15) is 0 Å². The number of anilines is 1. The number of rotatable bonds is 3. The van der Waals surface area contributed by atoms with Gasteiger partial charge in [0.25, 0.3) is 5.91 Å². The number of carbonyl (C=O) groups excluding carboxylic acids is 1. The molecule has 2 aromatic rings. The summed E-state index contributed by atoms with van der Waals surface area (Å²) in [6, 6.07) is 11.1. The third-order valence-electron chi connectivity index (χ3n) is 3.15. The third kappa shape index (κ3) is 3.00. The lowest BCUT2D eigenvalue weighted by Gasteiger charge is -2.13. The van der Waals surface area contributed by atoms with Crippen LogP contribution in [0.25, 0.3) is 0 Å². The highest BCUT2D eigenvalue weighted by Gasteiger charge is 2.13. The lowest BCUT2D eigenvalue weighted by atomic mass is 10.1. The second-order valence-electron chi connectivity index (χ2n) is 4.75. The molecule has 0 unspecified atom stereocenters. The summed E-state index contributed by atoms with van der Waals surface area (Å²) in [6.07, 6.45) is 0. The molecule has 104 valence electrons. The topological polar surface area (TPSA) is 55.1 Å². The Morgan fingerprint density at radius 1 is 1.25 bits per heavy atom. The van der Waals surface area contributed by atoms with Crippen LogP contribution in [0.15, 0.2) is 36.4 Å². The molecule has 0 radical (unpaired) electrons. The Morgan fingerprint density at radius 3 is 2.60 bits per heavy atom. The molecule has 1 amide bonds. The maximum absolute atomic E-state index is 12.4. The minimum Gasteiger partial charge on any atom is -0.326 e. The number of hydrogen-bond acceptors (Lipinski definition) is 2. The zero-order chi connectivity index (χ0) is 14.7. The standard InChI is InChI=1S/C16H17ClN2O/c1-10-7-11(2)15(14(17)8-10)19-16(20)13-6-4-3-5-12(13)9-18/h3-8H,9,18H2,1-2H3,(H,19,20). The lowest BCUT2D eigenvalue weighted by Crippen LogP contribution is -2.16. The molecule has 0 saturated heterocycles. The predicted octanol–water partition coefficient (Wildman–Crippen LogP) is 3.67. The fourth-order valence-electron chi connectivity index (χ4n) is 2.17. The van der Waals surface area contributed by atoms with Gasteiger partial charge in [-0.3, -0.25) is 4.79 Å². The highest BCUT2D eigenvalue weighted by Crippen LogP contribution is 2.28. The summed E-state index contributed by atoms with van der Waals surface area (Å²) in [4.78, 5) is 12.4. The van der Waals surface area contributed by atoms with Gasteiger partial charge in [0.2, 0.25) is 0 Å². The Morgan fingerprint density at radius 2 is 1.95 bits per heavy atom. The van der Waals surface area contributed by atoms with E-state index in [1.165, 1.54) is 0 Å². The first-order valence-electron chi connectivity index (χ1n) is 6.39. The number of amides is 1. The van der Waals surface area contributed by atoms with Crippen LogP contribution in [0.5, 0.6) is 0 Å². The van der Waals surface area contributed by atoms with Crippen molar-refractivity contribution in [3.63, 3.8) is 0 Å². The normalized spacial score (nSPS) is 10.4. The quantitative estimate of drug-likeness (QED) is 0.905. The maximum Gasteiger partial charge on any atom is 0.256 e. The Kier molecular flexibility index (Phi) is 4.42. The fraction of sp³-hybridized carbons (Fsp3) is 0.188. The largest absolute Gasteiger partial charge is 0.326 e. The van der Waals surface area contributed by atoms with Gasteiger partial charge in [0.05, 0.1) is 10.7 Å².